The third-order valence-corrected chi connectivity index (χ3v) is 3.37. The molecule has 0 aliphatic heterocycles. The second kappa shape index (κ2) is 4.72. The van der Waals surface area contributed by atoms with Gasteiger partial charge in [0.25, 0.3) is 5.91 Å². The Bertz CT molecular complexity index is 600. The van der Waals surface area contributed by atoms with Gasteiger partial charge in [0.15, 0.2) is 0 Å². The molecule has 1 aliphatic rings. The van der Waals surface area contributed by atoms with E-state index in [4.69, 9.17) is 0 Å². The van der Waals surface area contributed by atoms with Crippen molar-refractivity contribution in [1.29, 1.82) is 0 Å². The average molecular weight is 254 g/mol. The van der Waals surface area contributed by atoms with Crippen molar-refractivity contribution in [2.45, 2.75) is 18.9 Å². The maximum atomic E-state index is 12.0. The van der Waals surface area contributed by atoms with Crippen molar-refractivity contribution in [3.63, 3.8) is 0 Å². The second-order valence-corrected chi connectivity index (χ2v) is 4.78. The Morgan fingerprint density at radius 1 is 1.21 bits per heavy atom. The van der Waals surface area contributed by atoms with Gasteiger partial charge in [0.2, 0.25) is 0 Å². The summed E-state index contributed by atoms with van der Waals surface area (Å²) in [6, 6.07) is 9.76. The van der Waals surface area contributed by atoms with Crippen LogP contribution in [-0.2, 0) is 12.8 Å². The van der Waals surface area contributed by atoms with E-state index in [0.717, 1.165) is 12.8 Å². The lowest BCUT2D eigenvalue weighted by Gasteiger charge is -2.11. The molecule has 2 aromatic rings. The molecule has 96 valence electrons. The van der Waals surface area contributed by atoms with E-state index >= 15 is 0 Å². The Balaban J connectivity index is 1.69. The normalized spacial score (nSPS) is 14.1. The molecule has 0 fully saturated rings. The van der Waals surface area contributed by atoms with E-state index in [-0.39, 0.29) is 17.7 Å². The lowest BCUT2D eigenvalue weighted by molar-refractivity contribution is 0.0938. The van der Waals surface area contributed by atoms with Crippen molar-refractivity contribution in [3.05, 3.63) is 59.4 Å². The van der Waals surface area contributed by atoms with E-state index in [0.29, 0.717) is 5.56 Å². The van der Waals surface area contributed by atoms with Gasteiger partial charge < -0.3 is 10.4 Å². The molecule has 1 amide bonds. The summed E-state index contributed by atoms with van der Waals surface area (Å²) in [7, 11) is 0. The van der Waals surface area contributed by atoms with Crippen LogP contribution in [0.4, 0.5) is 0 Å². The Morgan fingerprint density at radius 2 is 1.89 bits per heavy atom. The Hall–Kier alpha value is -2.36. The molecule has 4 nitrogen and oxygen atoms in total. The summed E-state index contributed by atoms with van der Waals surface area (Å²) in [6.45, 7) is 0. The SMILES string of the molecule is O=C(NC1Cc2ccccc2C1)c1cncc(O)c1. The maximum Gasteiger partial charge on any atom is 0.253 e. The molecule has 1 aromatic heterocycles. The van der Waals surface area contributed by atoms with Crippen molar-refractivity contribution in [1.82, 2.24) is 10.3 Å². The molecule has 0 bridgehead atoms. The van der Waals surface area contributed by atoms with E-state index in [2.05, 4.69) is 22.4 Å². The number of carbonyl (C=O) groups is 1. The fraction of sp³-hybridized carbons (Fsp3) is 0.200. The largest absolute Gasteiger partial charge is 0.506 e. The van der Waals surface area contributed by atoms with Gasteiger partial charge in [-0.25, -0.2) is 0 Å². The Morgan fingerprint density at radius 3 is 2.53 bits per heavy atom. The summed E-state index contributed by atoms with van der Waals surface area (Å²) in [5, 5.41) is 12.3. The molecule has 0 saturated carbocycles. The van der Waals surface area contributed by atoms with Gasteiger partial charge in [-0.3, -0.25) is 9.78 Å². The molecule has 1 aromatic carbocycles. The molecule has 2 N–H and O–H groups in total. The van der Waals surface area contributed by atoms with Crippen LogP contribution in [0.15, 0.2) is 42.7 Å². The summed E-state index contributed by atoms with van der Waals surface area (Å²) >= 11 is 0. The summed E-state index contributed by atoms with van der Waals surface area (Å²) in [5.41, 5.74) is 2.97. The monoisotopic (exact) mass is 254 g/mol. The number of aromatic hydroxyl groups is 1. The zero-order valence-corrected chi connectivity index (χ0v) is 10.3. The smallest absolute Gasteiger partial charge is 0.253 e. The van der Waals surface area contributed by atoms with Crippen LogP contribution < -0.4 is 5.32 Å². The fourth-order valence-corrected chi connectivity index (χ4v) is 2.48. The third kappa shape index (κ3) is 2.42. The lowest BCUT2D eigenvalue weighted by Crippen LogP contribution is -2.35. The van der Waals surface area contributed by atoms with Gasteiger partial charge in [0.05, 0.1) is 11.8 Å². The first-order valence-corrected chi connectivity index (χ1v) is 6.24. The van der Waals surface area contributed by atoms with E-state index in [9.17, 15) is 9.90 Å². The minimum atomic E-state index is -0.193. The Labute approximate surface area is 111 Å². The fourth-order valence-electron chi connectivity index (χ4n) is 2.48. The number of pyridine rings is 1. The second-order valence-electron chi connectivity index (χ2n) is 4.78. The molecule has 0 unspecified atom stereocenters. The molecular formula is C15H14N2O2. The summed E-state index contributed by atoms with van der Waals surface area (Å²) in [5.74, 6) is -0.191. The van der Waals surface area contributed by atoms with E-state index < -0.39 is 0 Å². The number of carbonyl (C=O) groups excluding carboxylic acids is 1. The molecule has 0 saturated heterocycles. The number of fused-ring (bicyclic) bond motifs is 1. The minimum absolute atomic E-state index is 0.00218. The zero-order valence-electron chi connectivity index (χ0n) is 10.3. The lowest BCUT2D eigenvalue weighted by atomic mass is 10.1. The summed E-state index contributed by atoms with van der Waals surface area (Å²) in [4.78, 5) is 15.9. The van der Waals surface area contributed by atoms with Crippen molar-refractivity contribution < 1.29 is 9.90 Å². The highest BCUT2D eigenvalue weighted by molar-refractivity contribution is 5.94. The predicted molar refractivity (Wildman–Crippen MR) is 71.0 cm³/mol. The van der Waals surface area contributed by atoms with E-state index in [1.54, 1.807) is 0 Å². The predicted octanol–water partition coefficient (Wildman–Crippen LogP) is 1.68. The highest BCUT2D eigenvalue weighted by Gasteiger charge is 2.22. The van der Waals surface area contributed by atoms with Crippen LogP contribution in [0.1, 0.15) is 21.5 Å². The number of nitrogens with zero attached hydrogens (tertiary/aromatic N) is 1. The van der Waals surface area contributed by atoms with Crippen LogP contribution in [0.5, 0.6) is 5.75 Å². The molecule has 3 rings (SSSR count). The molecule has 4 heteroatoms. The number of aromatic nitrogens is 1. The van der Waals surface area contributed by atoms with E-state index in [1.165, 1.54) is 29.6 Å². The number of hydrogen-bond donors (Lipinski definition) is 2. The number of rotatable bonds is 2. The van der Waals surface area contributed by atoms with Crippen molar-refractivity contribution in [2.75, 3.05) is 0 Å². The maximum absolute atomic E-state index is 12.0. The average Bonchev–Trinajstić information content (AvgIpc) is 2.80. The van der Waals surface area contributed by atoms with Crippen molar-refractivity contribution >= 4 is 5.91 Å². The number of benzene rings is 1. The van der Waals surface area contributed by atoms with Crippen LogP contribution in [0.2, 0.25) is 0 Å². The highest BCUT2D eigenvalue weighted by atomic mass is 16.3. The van der Waals surface area contributed by atoms with Gasteiger partial charge >= 0.3 is 0 Å². The molecule has 1 aliphatic carbocycles. The molecule has 0 atom stereocenters. The number of nitrogens with one attached hydrogen (secondary N) is 1. The first-order valence-electron chi connectivity index (χ1n) is 6.24. The molecular weight excluding hydrogens is 240 g/mol. The van der Waals surface area contributed by atoms with Crippen LogP contribution in [0.25, 0.3) is 0 Å². The topological polar surface area (TPSA) is 62.2 Å². The summed E-state index contributed by atoms with van der Waals surface area (Å²) < 4.78 is 0. The van der Waals surface area contributed by atoms with Gasteiger partial charge in [0.1, 0.15) is 5.75 Å². The number of amides is 1. The van der Waals surface area contributed by atoms with Crippen molar-refractivity contribution in [2.24, 2.45) is 0 Å². The van der Waals surface area contributed by atoms with Crippen molar-refractivity contribution in [3.8, 4) is 5.75 Å². The quantitative estimate of drug-likeness (QED) is 0.857. The van der Waals surface area contributed by atoms with Gasteiger partial charge in [-0.2, -0.15) is 0 Å². The molecule has 0 radical (unpaired) electrons. The van der Waals surface area contributed by atoms with Crippen LogP contribution in [0, 0.1) is 0 Å². The van der Waals surface area contributed by atoms with Crippen LogP contribution in [0.3, 0.4) is 0 Å². The molecule has 0 spiro atoms. The zero-order chi connectivity index (χ0) is 13.2. The van der Waals surface area contributed by atoms with Crippen LogP contribution in [-0.4, -0.2) is 22.0 Å². The number of hydrogen-bond acceptors (Lipinski definition) is 3. The van der Waals surface area contributed by atoms with E-state index in [1.807, 2.05) is 12.1 Å². The van der Waals surface area contributed by atoms with Gasteiger partial charge in [-0.1, -0.05) is 24.3 Å². The van der Waals surface area contributed by atoms with Gasteiger partial charge in [0, 0.05) is 12.2 Å². The minimum Gasteiger partial charge on any atom is -0.506 e. The van der Waals surface area contributed by atoms with Gasteiger partial charge in [-0.15, -0.1) is 0 Å². The highest BCUT2D eigenvalue weighted by Crippen LogP contribution is 2.22. The summed E-state index contributed by atoms with van der Waals surface area (Å²) in [6.07, 6.45) is 4.47. The standard InChI is InChI=1S/C15H14N2O2/c18-14-7-12(8-16-9-14)15(19)17-13-5-10-3-1-2-4-11(10)6-13/h1-4,7-9,13,18H,5-6H2,(H,17,19). The molecule has 1 heterocycles. The van der Waals surface area contributed by atoms with Gasteiger partial charge in [-0.05, 0) is 30.0 Å². The third-order valence-electron chi connectivity index (χ3n) is 3.37. The first kappa shape index (κ1) is 11.7. The first-order chi connectivity index (χ1) is 9.22. The van der Waals surface area contributed by atoms with Crippen LogP contribution >= 0.6 is 0 Å². The Kier molecular flexibility index (Phi) is 2.91. The molecule has 19 heavy (non-hydrogen) atoms.